The van der Waals surface area contributed by atoms with E-state index in [1.807, 2.05) is 23.1 Å². The largest absolute Gasteiger partial charge is 0.495 e. The maximum Gasteiger partial charge on any atom is 0.298 e. The van der Waals surface area contributed by atoms with Gasteiger partial charge in [0, 0.05) is 37.8 Å². The van der Waals surface area contributed by atoms with Crippen molar-refractivity contribution in [3.63, 3.8) is 0 Å². The number of fused-ring (bicyclic) bond motifs is 1. The molecule has 4 rings (SSSR count). The van der Waals surface area contributed by atoms with Crippen molar-refractivity contribution < 1.29 is 13.9 Å². The molecule has 0 spiro atoms. The highest BCUT2D eigenvalue weighted by molar-refractivity contribution is 6.09. The molecule has 2 N–H and O–H groups in total. The Morgan fingerprint density at radius 3 is 2.92 bits per heavy atom. The van der Waals surface area contributed by atoms with Crippen molar-refractivity contribution in [1.82, 2.24) is 15.3 Å². The van der Waals surface area contributed by atoms with Crippen LogP contribution in [-0.4, -0.2) is 49.2 Å². The maximum absolute atomic E-state index is 12.7. The van der Waals surface area contributed by atoms with Gasteiger partial charge in [-0.1, -0.05) is 0 Å². The highest BCUT2D eigenvalue weighted by Gasteiger charge is 2.20. The van der Waals surface area contributed by atoms with Crippen LogP contribution in [0.1, 0.15) is 10.6 Å². The summed E-state index contributed by atoms with van der Waals surface area (Å²) in [4.78, 5) is 23.2. The number of aromatic nitrogens is 2. The molecule has 0 saturated carbocycles. The fourth-order valence-corrected chi connectivity index (χ4v) is 2.98. The van der Waals surface area contributed by atoms with E-state index in [1.165, 1.54) is 6.20 Å². The molecular formula is C18H19N5O3. The predicted molar refractivity (Wildman–Crippen MR) is 97.8 cm³/mol. The molecule has 1 saturated heterocycles. The molecule has 3 aromatic rings. The zero-order valence-corrected chi connectivity index (χ0v) is 14.4. The third-order valence-electron chi connectivity index (χ3n) is 4.31. The number of anilines is 2. The molecule has 0 bridgehead atoms. The van der Waals surface area contributed by atoms with Crippen molar-refractivity contribution in [1.29, 1.82) is 0 Å². The van der Waals surface area contributed by atoms with Crippen LogP contribution in [0.25, 0.3) is 10.9 Å². The lowest BCUT2D eigenvalue weighted by molar-refractivity contribution is 0.0997. The van der Waals surface area contributed by atoms with Crippen LogP contribution in [-0.2, 0) is 0 Å². The molecule has 1 aliphatic rings. The van der Waals surface area contributed by atoms with Crippen LogP contribution < -0.4 is 20.3 Å². The van der Waals surface area contributed by atoms with E-state index in [0.717, 1.165) is 37.1 Å². The smallest absolute Gasteiger partial charge is 0.298 e. The van der Waals surface area contributed by atoms with E-state index >= 15 is 0 Å². The average Bonchev–Trinajstić information content (AvgIpc) is 3.19. The molecule has 8 heteroatoms. The van der Waals surface area contributed by atoms with Crippen LogP contribution in [0.15, 0.2) is 41.1 Å². The molecular weight excluding hydrogens is 334 g/mol. The van der Waals surface area contributed by atoms with Crippen molar-refractivity contribution in [3.8, 4) is 5.75 Å². The summed E-state index contributed by atoms with van der Waals surface area (Å²) in [6.07, 6.45) is 3.15. The highest BCUT2D eigenvalue weighted by atomic mass is 16.5. The van der Waals surface area contributed by atoms with E-state index < -0.39 is 0 Å². The molecule has 26 heavy (non-hydrogen) atoms. The number of nitrogens with zero attached hydrogens (tertiary/aromatic N) is 3. The lowest BCUT2D eigenvalue weighted by Gasteiger charge is -2.25. The van der Waals surface area contributed by atoms with Crippen LogP contribution in [0.4, 0.5) is 11.7 Å². The number of benzene rings is 1. The van der Waals surface area contributed by atoms with E-state index in [1.54, 1.807) is 19.4 Å². The van der Waals surface area contributed by atoms with Crippen LogP contribution in [0.5, 0.6) is 5.75 Å². The SMILES string of the molecule is COc1ccc2ncccc2c1NC(=O)c1cnc(N2CCNCC2)o1. The average molecular weight is 353 g/mol. The third kappa shape index (κ3) is 3.06. The summed E-state index contributed by atoms with van der Waals surface area (Å²) < 4.78 is 11.0. The minimum Gasteiger partial charge on any atom is -0.495 e. The van der Waals surface area contributed by atoms with Crippen LogP contribution in [0.3, 0.4) is 0 Å². The Kier molecular flexibility index (Phi) is 4.40. The molecule has 0 radical (unpaired) electrons. The van der Waals surface area contributed by atoms with Gasteiger partial charge in [0.2, 0.25) is 5.76 Å². The first-order valence-electron chi connectivity index (χ1n) is 8.41. The fourth-order valence-electron chi connectivity index (χ4n) is 2.98. The van der Waals surface area contributed by atoms with Crippen molar-refractivity contribution in [2.24, 2.45) is 0 Å². The Bertz CT molecular complexity index is 933. The van der Waals surface area contributed by atoms with Crippen molar-refractivity contribution in [3.05, 3.63) is 42.4 Å². The number of pyridine rings is 1. The number of methoxy groups -OCH3 is 1. The van der Waals surface area contributed by atoms with Crippen molar-refractivity contribution >= 4 is 28.5 Å². The number of ether oxygens (including phenoxy) is 1. The number of carbonyl (C=O) groups excluding carboxylic acids is 1. The number of oxazole rings is 1. The van der Waals surface area contributed by atoms with Gasteiger partial charge < -0.3 is 24.7 Å². The zero-order chi connectivity index (χ0) is 17.9. The molecule has 0 atom stereocenters. The normalized spacial score (nSPS) is 14.4. The number of amides is 1. The molecule has 1 aromatic carbocycles. The van der Waals surface area contributed by atoms with Gasteiger partial charge in [-0.3, -0.25) is 9.78 Å². The maximum atomic E-state index is 12.7. The second kappa shape index (κ2) is 7.01. The summed E-state index contributed by atoms with van der Waals surface area (Å²) in [6, 6.07) is 7.78. The number of hydrogen-bond donors (Lipinski definition) is 2. The summed E-state index contributed by atoms with van der Waals surface area (Å²) >= 11 is 0. The van der Waals surface area contributed by atoms with Gasteiger partial charge in [-0.2, -0.15) is 0 Å². The number of carbonyl (C=O) groups is 1. The molecule has 0 aliphatic carbocycles. The summed E-state index contributed by atoms with van der Waals surface area (Å²) in [7, 11) is 1.56. The fraction of sp³-hybridized carbons (Fsp3) is 0.278. The minimum atomic E-state index is -0.381. The van der Waals surface area contributed by atoms with Gasteiger partial charge in [0.25, 0.3) is 11.9 Å². The number of rotatable bonds is 4. The molecule has 2 aromatic heterocycles. The van der Waals surface area contributed by atoms with Gasteiger partial charge in [-0.15, -0.1) is 0 Å². The Morgan fingerprint density at radius 1 is 1.27 bits per heavy atom. The topological polar surface area (TPSA) is 92.5 Å². The molecule has 0 unspecified atom stereocenters. The lowest BCUT2D eigenvalue weighted by Crippen LogP contribution is -2.43. The van der Waals surface area contributed by atoms with Gasteiger partial charge in [0.1, 0.15) is 5.75 Å². The number of piperazine rings is 1. The van der Waals surface area contributed by atoms with Crippen LogP contribution >= 0.6 is 0 Å². The Balaban J connectivity index is 1.60. The second-order valence-electron chi connectivity index (χ2n) is 5.91. The molecule has 8 nitrogen and oxygen atoms in total. The van der Waals surface area contributed by atoms with E-state index in [2.05, 4.69) is 20.6 Å². The Labute approximate surface area is 150 Å². The van der Waals surface area contributed by atoms with Crippen molar-refractivity contribution in [2.45, 2.75) is 0 Å². The van der Waals surface area contributed by atoms with Gasteiger partial charge in [0.05, 0.1) is 24.5 Å². The molecule has 134 valence electrons. The first kappa shape index (κ1) is 16.3. The molecule has 3 heterocycles. The summed E-state index contributed by atoms with van der Waals surface area (Å²) in [5.41, 5.74) is 1.32. The minimum absolute atomic E-state index is 0.154. The van der Waals surface area contributed by atoms with E-state index in [0.29, 0.717) is 17.5 Å². The lowest BCUT2D eigenvalue weighted by atomic mass is 10.1. The monoisotopic (exact) mass is 353 g/mol. The first-order valence-corrected chi connectivity index (χ1v) is 8.41. The van der Waals surface area contributed by atoms with E-state index in [-0.39, 0.29) is 11.7 Å². The van der Waals surface area contributed by atoms with Crippen LogP contribution in [0, 0.1) is 0 Å². The van der Waals surface area contributed by atoms with Gasteiger partial charge in [0.15, 0.2) is 0 Å². The van der Waals surface area contributed by atoms with E-state index in [9.17, 15) is 4.79 Å². The highest BCUT2D eigenvalue weighted by Crippen LogP contribution is 2.32. The van der Waals surface area contributed by atoms with Gasteiger partial charge in [-0.05, 0) is 24.3 Å². The van der Waals surface area contributed by atoms with E-state index in [4.69, 9.17) is 9.15 Å². The Hall–Kier alpha value is -3.13. The molecule has 1 amide bonds. The Morgan fingerprint density at radius 2 is 2.12 bits per heavy atom. The number of hydrogen-bond acceptors (Lipinski definition) is 7. The molecule has 1 aliphatic heterocycles. The first-order chi connectivity index (χ1) is 12.8. The van der Waals surface area contributed by atoms with Crippen molar-refractivity contribution in [2.75, 3.05) is 43.5 Å². The summed E-state index contributed by atoms with van der Waals surface area (Å²) in [5.74, 6) is 0.329. The number of nitrogens with one attached hydrogen (secondary N) is 2. The quantitative estimate of drug-likeness (QED) is 0.740. The van der Waals surface area contributed by atoms with Gasteiger partial charge >= 0.3 is 0 Å². The summed E-state index contributed by atoms with van der Waals surface area (Å²) in [6.45, 7) is 3.32. The standard InChI is InChI=1S/C18H19N5O3/c1-25-14-5-4-13-12(3-2-6-20-13)16(14)22-17(24)15-11-21-18(26-15)23-9-7-19-8-10-23/h2-6,11,19H,7-10H2,1H3,(H,22,24). The zero-order valence-electron chi connectivity index (χ0n) is 14.4. The predicted octanol–water partition coefficient (Wildman–Crippen LogP) is 1.89. The van der Waals surface area contributed by atoms with Crippen LogP contribution in [0.2, 0.25) is 0 Å². The second-order valence-corrected chi connectivity index (χ2v) is 5.91. The summed E-state index contributed by atoms with van der Waals surface area (Å²) in [5, 5.41) is 6.93. The van der Waals surface area contributed by atoms with Gasteiger partial charge in [-0.25, -0.2) is 4.98 Å². The third-order valence-corrected chi connectivity index (χ3v) is 4.31. The molecule has 1 fully saturated rings.